The summed E-state index contributed by atoms with van der Waals surface area (Å²) in [4.78, 5) is 11.0. The van der Waals surface area contributed by atoms with Crippen LogP contribution in [0.15, 0.2) is 34.5 Å². The van der Waals surface area contributed by atoms with E-state index >= 15 is 0 Å². The lowest BCUT2D eigenvalue weighted by Gasteiger charge is -1.99. The molecule has 16 heavy (non-hydrogen) atoms. The number of hydrogen-bond donors (Lipinski definition) is 0. The molecule has 0 N–H and O–H groups in total. The number of benzene rings is 1. The molecule has 1 aromatic rings. The van der Waals surface area contributed by atoms with Crippen molar-refractivity contribution in [2.75, 3.05) is 7.11 Å². The quantitative estimate of drug-likeness (QED) is 0.599. The molecule has 0 amide bonds. The van der Waals surface area contributed by atoms with Crippen molar-refractivity contribution in [2.45, 2.75) is 6.04 Å². The minimum Gasteiger partial charge on any atom is -0.467 e. The number of esters is 1. The summed E-state index contributed by atoms with van der Waals surface area (Å²) in [6.45, 7) is 0. The van der Waals surface area contributed by atoms with Crippen LogP contribution in [-0.4, -0.2) is 19.1 Å². The molecule has 0 heterocycles. The first-order chi connectivity index (χ1) is 7.67. The van der Waals surface area contributed by atoms with Gasteiger partial charge in [0.1, 0.15) is 6.07 Å². The highest BCUT2D eigenvalue weighted by molar-refractivity contribution is 6.30. The highest BCUT2D eigenvalue weighted by Crippen LogP contribution is 2.16. The summed E-state index contributed by atoms with van der Waals surface area (Å²) in [5.74, 6) is -0.736. The van der Waals surface area contributed by atoms with Gasteiger partial charge in [-0.15, -0.1) is 0 Å². The number of ether oxygens (including phenoxy) is 1. The lowest BCUT2D eigenvalue weighted by atomic mass is 10.3. The third kappa shape index (κ3) is 3.33. The molecule has 1 unspecified atom stereocenters. The number of nitrogens with zero attached hydrogens (tertiary/aromatic N) is 3. The summed E-state index contributed by atoms with van der Waals surface area (Å²) < 4.78 is 4.37. The number of nitriles is 1. The van der Waals surface area contributed by atoms with E-state index in [0.29, 0.717) is 10.7 Å². The minimum atomic E-state index is -1.24. The van der Waals surface area contributed by atoms with Gasteiger partial charge in [0.15, 0.2) is 0 Å². The van der Waals surface area contributed by atoms with Crippen LogP contribution < -0.4 is 0 Å². The molecule has 82 valence electrons. The Balaban J connectivity index is 2.76. The molecular formula is C10H8ClN3O2. The third-order valence-corrected chi connectivity index (χ3v) is 1.91. The molecule has 0 aliphatic carbocycles. The molecule has 6 heteroatoms. The Bertz CT molecular complexity index is 436. The normalized spacial score (nSPS) is 12.1. The van der Waals surface area contributed by atoms with E-state index in [1.807, 2.05) is 0 Å². The van der Waals surface area contributed by atoms with Gasteiger partial charge in [-0.25, -0.2) is 4.79 Å². The maximum atomic E-state index is 11.0. The summed E-state index contributed by atoms with van der Waals surface area (Å²) in [6, 6.07) is 6.95. The molecule has 0 bridgehead atoms. The zero-order valence-corrected chi connectivity index (χ0v) is 9.18. The first-order valence-electron chi connectivity index (χ1n) is 4.31. The molecular weight excluding hydrogens is 230 g/mol. The lowest BCUT2D eigenvalue weighted by Crippen LogP contribution is -2.17. The van der Waals surface area contributed by atoms with Gasteiger partial charge in [0.25, 0.3) is 6.04 Å². The molecule has 0 aromatic heterocycles. The van der Waals surface area contributed by atoms with Crippen molar-refractivity contribution >= 4 is 23.3 Å². The third-order valence-electron chi connectivity index (χ3n) is 1.66. The molecule has 0 spiro atoms. The summed E-state index contributed by atoms with van der Waals surface area (Å²) in [5.41, 5.74) is 0.508. The van der Waals surface area contributed by atoms with Gasteiger partial charge in [0, 0.05) is 5.02 Å². The van der Waals surface area contributed by atoms with Crippen molar-refractivity contribution in [2.24, 2.45) is 10.2 Å². The van der Waals surface area contributed by atoms with Gasteiger partial charge in [-0.3, -0.25) is 0 Å². The van der Waals surface area contributed by atoms with Gasteiger partial charge in [-0.05, 0) is 24.3 Å². The predicted molar refractivity (Wildman–Crippen MR) is 57.4 cm³/mol. The number of carbonyl (C=O) groups is 1. The highest BCUT2D eigenvalue weighted by Gasteiger charge is 2.16. The van der Waals surface area contributed by atoms with Crippen LogP contribution in [0, 0.1) is 11.3 Å². The molecule has 1 atom stereocenters. The van der Waals surface area contributed by atoms with Crippen molar-refractivity contribution in [3.05, 3.63) is 29.3 Å². The monoisotopic (exact) mass is 237 g/mol. The van der Waals surface area contributed by atoms with Gasteiger partial charge in [0.2, 0.25) is 0 Å². The van der Waals surface area contributed by atoms with E-state index in [-0.39, 0.29) is 0 Å². The minimum absolute atomic E-state index is 0.508. The van der Waals surface area contributed by atoms with E-state index in [1.165, 1.54) is 7.11 Å². The predicted octanol–water partition coefficient (Wildman–Crippen LogP) is 2.49. The van der Waals surface area contributed by atoms with Crippen LogP contribution in [0.3, 0.4) is 0 Å². The molecule has 1 aromatic carbocycles. The fourth-order valence-corrected chi connectivity index (χ4v) is 0.995. The van der Waals surface area contributed by atoms with Crippen LogP contribution in [0.5, 0.6) is 0 Å². The van der Waals surface area contributed by atoms with E-state index in [9.17, 15) is 4.79 Å². The van der Waals surface area contributed by atoms with Crippen molar-refractivity contribution < 1.29 is 9.53 Å². The Hall–Kier alpha value is -1.93. The molecule has 1 rings (SSSR count). The van der Waals surface area contributed by atoms with Crippen molar-refractivity contribution in [3.63, 3.8) is 0 Å². The first kappa shape index (κ1) is 12.1. The van der Waals surface area contributed by atoms with E-state index < -0.39 is 12.0 Å². The number of carbonyl (C=O) groups excluding carboxylic acids is 1. The second-order valence-corrected chi connectivity index (χ2v) is 3.18. The van der Waals surface area contributed by atoms with Gasteiger partial charge >= 0.3 is 5.97 Å². The lowest BCUT2D eigenvalue weighted by molar-refractivity contribution is -0.140. The zero-order valence-electron chi connectivity index (χ0n) is 8.42. The average Bonchev–Trinajstić information content (AvgIpc) is 2.31. The maximum Gasteiger partial charge on any atom is 0.347 e. The number of rotatable bonds is 3. The van der Waals surface area contributed by atoms with E-state index in [4.69, 9.17) is 16.9 Å². The molecule has 0 aliphatic heterocycles. The number of halogens is 1. The summed E-state index contributed by atoms with van der Waals surface area (Å²) in [6.07, 6.45) is 0. The Morgan fingerprint density at radius 2 is 2.12 bits per heavy atom. The fourth-order valence-electron chi connectivity index (χ4n) is 0.869. The fraction of sp³-hybridized carbons (Fsp3) is 0.200. The Morgan fingerprint density at radius 3 is 2.62 bits per heavy atom. The Kier molecular flexibility index (Phi) is 4.42. The topological polar surface area (TPSA) is 74.8 Å². The van der Waals surface area contributed by atoms with Gasteiger partial charge in [-0.2, -0.15) is 15.5 Å². The van der Waals surface area contributed by atoms with Crippen molar-refractivity contribution in [1.29, 1.82) is 5.26 Å². The second kappa shape index (κ2) is 5.83. The van der Waals surface area contributed by atoms with Crippen molar-refractivity contribution in [1.82, 2.24) is 0 Å². The number of hydrogen-bond acceptors (Lipinski definition) is 5. The zero-order chi connectivity index (χ0) is 12.0. The number of azo groups is 1. The Morgan fingerprint density at radius 1 is 1.50 bits per heavy atom. The second-order valence-electron chi connectivity index (χ2n) is 2.75. The first-order valence-corrected chi connectivity index (χ1v) is 4.69. The summed E-state index contributed by atoms with van der Waals surface area (Å²) >= 11 is 5.68. The molecule has 0 saturated carbocycles. The maximum absolute atomic E-state index is 11.0. The van der Waals surface area contributed by atoms with Crippen molar-refractivity contribution in [3.8, 4) is 6.07 Å². The standard InChI is InChI=1S/C10H8ClN3O2/c1-16-10(15)9(6-12)14-13-8-4-2-7(11)3-5-8/h2-5,9H,1H3. The SMILES string of the molecule is COC(=O)C(C#N)N=Nc1ccc(Cl)cc1. The van der Waals surface area contributed by atoms with E-state index in [2.05, 4.69) is 15.0 Å². The smallest absolute Gasteiger partial charge is 0.347 e. The van der Waals surface area contributed by atoms with Gasteiger partial charge in [-0.1, -0.05) is 11.6 Å². The molecule has 0 radical (unpaired) electrons. The highest BCUT2D eigenvalue weighted by atomic mass is 35.5. The Labute approximate surface area is 97.3 Å². The van der Waals surface area contributed by atoms with Crippen LogP contribution in [0.2, 0.25) is 5.02 Å². The summed E-state index contributed by atoms with van der Waals surface area (Å²) in [5, 5.41) is 16.5. The van der Waals surface area contributed by atoms with Crippen LogP contribution in [-0.2, 0) is 9.53 Å². The van der Waals surface area contributed by atoms with E-state index in [0.717, 1.165) is 0 Å². The average molecular weight is 238 g/mol. The largest absolute Gasteiger partial charge is 0.467 e. The van der Waals surface area contributed by atoms with E-state index in [1.54, 1.807) is 30.3 Å². The molecule has 0 fully saturated rings. The van der Waals surface area contributed by atoms with Crippen LogP contribution in [0.25, 0.3) is 0 Å². The van der Waals surface area contributed by atoms with Crippen LogP contribution in [0.4, 0.5) is 5.69 Å². The molecule has 0 saturated heterocycles. The summed E-state index contributed by atoms with van der Waals surface area (Å²) in [7, 11) is 1.19. The number of methoxy groups -OCH3 is 1. The van der Waals surface area contributed by atoms with Crippen LogP contribution >= 0.6 is 11.6 Å². The molecule has 0 aliphatic rings. The molecule has 5 nitrogen and oxygen atoms in total. The van der Waals surface area contributed by atoms with Crippen LogP contribution in [0.1, 0.15) is 0 Å². The van der Waals surface area contributed by atoms with Gasteiger partial charge < -0.3 is 4.74 Å². The van der Waals surface area contributed by atoms with Gasteiger partial charge in [0.05, 0.1) is 12.8 Å².